The molecule has 0 unspecified atom stereocenters. The monoisotopic (exact) mass is 332 g/mol. The second kappa shape index (κ2) is 7.31. The molecule has 25 heavy (non-hydrogen) atoms. The maximum Gasteiger partial charge on any atom is 0.167 e. The van der Waals surface area contributed by atoms with Gasteiger partial charge in [-0.25, -0.2) is 0 Å². The Labute approximate surface area is 147 Å². The third-order valence-corrected chi connectivity index (χ3v) is 4.43. The summed E-state index contributed by atoms with van der Waals surface area (Å²) >= 11 is 0. The van der Waals surface area contributed by atoms with Gasteiger partial charge >= 0.3 is 0 Å². The van der Waals surface area contributed by atoms with E-state index < -0.39 is 0 Å². The molecule has 1 N–H and O–H groups in total. The van der Waals surface area contributed by atoms with E-state index in [1.807, 2.05) is 48.5 Å². The molecule has 2 aromatic carbocycles. The predicted octanol–water partition coefficient (Wildman–Crippen LogP) is 4.75. The van der Waals surface area contributed by atoms with E-state index in [0.717, 1.165) is 5.56 Å². The zero-order valence-corrected chi connectivity index (χ0v) is 14.2. The molecule has 0 spiro atoms. The van der Waals surface area contributed by atoms with Crippen LogP contribution in [0.15, 0.2) is 71.8 Å². The number of hydrogen-bond donors (Lipinski definition) is 1. The molecule has 0 saturated heterocycles. The topological polar surface area (TPSA) is 54.4 Å². The molecule has 1 aliphatic rings. The Morgan fingerprint density at radius 3 is 2.12 bits per heavy atom. The van der Waals surface area contributed by atoms with Crippen molar-refractivity contribution in [3.8, 4) is 0 Å². The van der Waals surface area contributed by atoms with Gasteiger partial charge in [0.05, 0.1) is 5.57 Å². The highest BCUT2D eigenvalue weighted by molar-refractivity contribution is 6.20. The largest absolute Gasteiger partial charge is 0.507 e. The van der Waals surface area contributed by atoms with E-state index in [-0.39, 0.29) is 22.9 Å². The molecule has 2 aromatic rings. The minimum absolute atomic E-state index is 0.0630. The Kier molecular flexibility index (Phi) is 4.94. The van der Waals surface area contributed by atoms with Crippen molar-refractivity contribution in [3.05, 3.63) is 82.9 Å². The Hall–Kier alpha value is -2.94. The first-order valence-corrected chi connectivity index (χ1v) is 8.41. The average Bonchev–Trinajstić information content (AvgIpc) is 2.81. The summed E-state index contributed by atoms with van der Waals surface area (Å²) < 4.78 is 0. The molecule has 0 aliphatic heterocycles. The van der Waals surface area contributed by atoms with Crippen molar-refractivity contribution >= 4 is 22.9 Å². The first kappa shape index (κ1) is 16.9. The third kappa shape index (κ3) is 3.45. The van der Waals surface area contributed by atoms with Gasteiger partial charge in [-0.1, -0.05) is 60.7 Å². The molecule has 0 saturated carbocycles. The van der Waals surface area contributed by atoms with Crippen molar-refractivity contribution in [2.75, 3.05) is 0 Å². The maximum absolute atomic E-state index is 12.8. The summed E-state index contributed by atoms with van der Waals surface area (Å²) in [5.74, 6) is -0.256. The number of allylic oxidation sites excluding steroid dienone is 3. The number of carbonyl (C=O) groups excluding carboxylic acids is 2. The van der Waals surface area contributed by atoms with Gasteiger partial charge in [-0.2, -0.15) is 0 Å². The van der Waals surface area contributed by atoms with Crippen LogP contribution in [0, 0.1) is 0 Å². The van der Waals surface area contributed by atoms with Crippen molar-refractivity contribution in [3.63, 3.8) is 0 Å². The van der Waals surface area contributed by atoms with Crippen molar-refractivity contribution < 1.29 is 14.7 Å². The van der Waals surface area contributed by atoms with Gasteiger partial charge in [0.2, 0.25) is 0 Å². The van der Waals surface area contributed by atoms with Crippen LogP contribution in [0.1, 0.15) is 37.3 Å². The zero-order valence-electron chi connectivity index (χ0n) is 14.2. The summed E-state index contributed by atoms with van der Waals surface area (Å²) in [6.07, 6.45) is 1.46. The Bertz CT molecular complexity index is 859. The first-order chi connectivity index (χ1) is 12.1. The van der Waals surface area contributed by atoms with E-state index >= 15 is 0 Å². The standard InChI is InChI=1S/C22H20O3/c1-15(23)18-13-8-14-19(24)21(20(18)16-9-4-2-5-10-16)22(25)17-11-6-3-7-12-17/h2-7,9-12,25H,8,13-14H2,1H3/b22-21-. The Balaban J connectivity index is 2.33. The van der Waals surface area contributed by atoms with Gasteiger partial charge in [-0.05, 0) is 25.3 Å². The molecule has 126 valence electrons. The highest BCUT2D eigenvalue weighted by atomic mass is 16.3. The Morgan fingerprint density at radius 2 is 1.52 bits per heavy atom. The second-order valence-electron chi connectivity index (χ2n) is 6.14. The highest BCUT2D eigenvalue weighted by Gasteiger charge is 2.28. The number of aliphatic hydroxyl groups excluding tert-OH is 1. The molecule has 0 atom stereocenters. The number of carbonyl (C=O) groups is 2. The molecule has 3 rings (SSSR count). The second-order valence-corrected chi connectivity index (χ2v) is 6.14. The Morgan fingerprint density at radius 1 is 0.920 bits per heavy atom. The van der Waals surface area contributed by atoms with Crippen molar-refractivity contribution in [1.29, 1.82) is 0 Å². The molecule has 0 bridgehead atoms. The molecule has 0 heterocycles. The minimum atomic E-state index is -0.128. The van der Waals surface area contributed by atoms with E-state index in [4.69, 9.17) is 0 Å². The van der Waals surface area contributed by atoms with Crippen LogP contribution < -0.4 is 0 Å². The van der Waals surface area contributed by atoms with Crippen molar-refractivity contribution in [2.45, 2.75) is 26.2 Å². The minimum Gasteiger partial charge on any atom is -0.507 e. The molecule has 0 aromatic heterocycles. The van der Waals surface area contributed by atoms with Crippen LogP contribution in [-0.4, -0.2) is 16.7 Å². The summed E-state index contributed by atoms with van der Waals surface area (Å²) in [6.45, 7) is 1.52. The van der Waals surface area contributed by atoms with Crippen LogP contribution in [0.25, 0.3) is 11.3 Å². The van der Waals surface area contributed by atoms with Crippen molar-refractivity contribution in [2.24, 2.45) is 0 Å². The van der Waals surface area contributed by atoms with E-state index in [9.17, 15) is 14.7 Å². The van der Waals surface area contributed by atoms with E-state index in [1.54, 1.807) is 12.1 Å². The van der Waals surface area contributed by atoms with E-state index in [2.05, 4.69) is 0 Å². The van der Waals surface area contributed by atoms with Crippen LogP contribution in [0.2, 0.25) is 0 Å². The zero-order chi connectivity index (χ0) is 17.8. The normalized spacial score (nSPS) is 17.2. The fourth-order valence-corrected chi connectivity index (χ4v) is 3.23. The van der Waals surface area contributed by atoms with Gasteiger partial charge in [0.25, 0.3) is 0 Å². The summed E-state index contributed by atoms with van der Waals surface area (Å²) in [5.41, 5.74) is 2.77. The molecule has 1 aliphatic carbocycles. The van der Waals surface area contributed by atoms with E-state index in [0.29, 0.717) is 36.0 Å². The number of rotatable bonds is 3. The van der Waals surface area contributed by atoms with Gasteiger partial charge < -0.3 is 5.11 Å². The number of ketones is 2. The lowest BCUT2D eigenvalue weighted by Crippen LogP contribution is -2.09. The first-order valence-electron chi connectivity index (χ1n) is 8.41. The lowest BCUT2D eigenvalue weighted by Gasteiger charge is -2.16. The van der Waals surface area contributed by atoms with Gasteiger partial charge in [0, 0.05) is 23.1 Å². The van der Waals surface area contributed by atoms with Crippen LogP contribution >= 0.6 is 0 Å². The molecule has 0 radical (unpaired) electrons. The van der Waals surface area contributed by atoms with Crippen LogP contribution in [0.4, 0.5) is 0 Å². The van der Waals surface area contributed by atoms with Crippen LogP contribution in [-0.2, 0) is 9.59 Å². The summed E-state index contributed by atoms with van der Waals surface area (Å²) in [5, 5.41) is 10.9. The maximum atomic E-state index is 12.8. The number of Topliss-reactive ketones (excluding diaryl/α,β-unsaturated/α-hetero) is 2. The summed E-state index contributed by atoms with van der Waals surface area (Å²) in [4.78, 5) is 25.1. The number of hydrogen-bond acceptors (Lipinski definition) is 3. The summed E-state index contributed by atoms with van der Waals surface area (Å²) in [7, 11) is 0. The molecule has 0 fully saturated rings. The third-order valence-electron chi connectivity index (χ3n) is 4.43. The lowest BCUT2D eigenvalue weighted by atomic mass is 9.88. The fourth-order valence-electron chi connectivity index (χ4n) is 3.23. The van der Waals surface area contributed by atoms with Gasteiger partial charge in [0.1, 0.15) is 5.76 Å². The predicted molar refractivity (Wildman–Crippen MR) is 98.9 cm³/mol. The van der Waals surface area contributed by atoms with Gasteiger partial charge in [-0.15, -0.1) is 0 Å². The van der Waals surface area contributed by atoms with Crippen LogP contribution in [0.5, 0.6) is 0 Å². The number of benzene rings is 2. The van der Waals surface area contributed by atoms with Crippen LogP contribution in [0.3, 0.4) is 0 Å². The lowest BCUT2D eigenvalue weighted by molar-refractivity contribution is -0.115. The van der Waals surface area contributed by atoms with Gasteiger partial charge in [-0.3, -0.25) is 9.59 Å². The highest BCUT2D eigenvalue weighted by Crippen LogP contribution is 2.37. The smallest absolute Gasteiger partial charge is 0.167 e. The SMILES string of the molecule is CC(=O)C1=C(c2ccccc2)/C(=C(\O)c2ccccc2)C(=O)CCC1. The van der Waals surface area contributed by atoms with Crippen molar-refractivity contribution in [1.82, 2.24) is 0 Å². The molecule has 3 nitrogen and oxygen atoms in total. The van der Waals surface area contributed by atoms with E-state index in [1.165, 1.54) is 6.92 Å². The summed E-state index contributed by atoms with van der Waals surface area (Å²) in [6, 6.07) is 18.4. The average molecular weight is 332 g/mol. The molecular weight excluding hydrogens is 312 g/mol. The molecular formula is C22H20O3. The van der Waals surface area contributed by atoms with Gasteiger partial charge in [0.15, 0.2) is 11.6 Å². The number of aliphatic hydroxyl groups is 1. The fraction of sp³-hybridized carbons (Fsp3) is 0.182. The molecule has 0 amide bonds. The quantitative estimate of drug-likeness (QED) is 0.652. The molecule has 3 heteroatoms.